The lowest BCUT2D eigenvalue weighted by molar-refractivity contribution is -0.380. The molecule has 0 unspecified atom stereocenters. The highest BCUT2D eigenvalue weighted by molar-refractivity contribution is 7.13. The van der Waals surface area contributed by atoms with Gasteiger partial charge in [-0.15, -0.1) is 0 Å². The van der Waals surface area contributed by atoms with Crippen LogP contribution in [0.3, 0.4) is 0 Å². The van der Waals surface area contributed by atoms with Gasteiger partial charge in [0.05, 0.1) is 11.5 Å². The Balaban J connectivity index is 2.23. The highest BCUT2D eigenvalue weighted by Gasteiger charge is 2.08. The van der Waals surface area contributed by atoms with E-state index >= 15 is 0 Å². The van der Waals surface area contributed by atoms with Gasteiger partial charge in [0.15, 0.2) is 0 Å². The Hall–Kier alpha value is -0.980. The van der Waals surface area contributed by atoms with Gasteiger partial charge in [0.1, 0.15) is 0 Å². The minimum atomic E-state index is -0.367. The summed E-state index contributed by atoms with van der Waals surface area (Å²) < 4.78 is 5.15. The van der Waals surface area contributed by atoms with Crippen molar-refractivity contribution in [3.63, 3.8) is 0 Å². The van der Waals surface area contributed by atoms with Gasteiger partial charge in [-0.3, -0.25) is 10.1 Å². The van der Waals surface area contributed by atoms with Gasteiger partial charge < -0.3 is 10.1 Å². The Labute approximate surface area is 92.2 Å². The number of hydrogen-bond donors (Lipinski definition) is 1. The highest BCUT2D eigenvalue weighted by atomic mass is 32.1. The molecule has 1 aromatic heterocycles. The third-order valence-corrected chi connectivity index (χ3v) is 2.71. The molecule has 0 atom stereocenters. The maximum Gasteiger partial charge on any atom is 0.324 e. The molecule has 1 N–H and O–H groups in total. The zero-order chi connectivity index (χ0) is 11.1. The van der Waals surface area contributed by atoms with E-state index < -0.39 is 0 Å². The molecule has 0 fully saturated rings. The summed E-state index contributed by atoms with van der Waals surface area (Å²) in [6.07, 6.45) is 0. The third-order valence-electron chi connectivity index (χ3n) is 1.78. The first kappa shape index (κ1) is 12.1. The first-order chi connectivity index (χ1) is 7.24. The minimum Gasteiger partial charge on any atom is -0.380 e. The molecule has 0 aliphatic carbocycles. The SMILES string of the molecule is CCOCCNCc1csc([N+](=O)[O-])c1. The van der Waals surface area contributed by atoms with Crippen LogP contribution in [0.1, 0.15) is 12.5 Å². The molecular formula is C9H14N2O3S. The standard InChI is InChI=1S/C9H14N2O3S/c1-2-14-4-3-10-6-8-5-9(11(12)13)15-7-8/h5,7,10H,2-4,6H2,1H3. The lowest BCUT2D eigenvalue weighted by Gasteiger charge is -2.02. The van der Waals surface area contributed by atoms with Crippen LogP contribution in [-0.4, -0.2) is 24.7 Å². The van der Waals surface area contributed by atoms with Gasteiger partial charge in [0.25, 0.3) is 0 Å². The Bertz CT molecular complexity index is 314. The van der Waals surface area contributed by atoms with Crippen molar-refractivity contribution >= 4 is 16.3 Å². The first-order valence-corrected chi connectivity index (χ1v) is 5.62. The molecule has 0 saturated heterocycles. The molecule has 0 radical (unpaired) electrons. The average molecular weight is 230 g/mol. The Morgan fingerprint density at radius 2 is 2.47 bits per heavy atom. The summed E-state index contributed by atoms with van der Waals surface area (Å²) in [5, 5.41) is 15.5. The van der Waals surface area contributed by atoms with Gasteiger partial charge >= 0.3 is 5.00 Å². The Kier molecular flexibility index (Phi) is 5.23. The fourth-order valence-corrected chi connectivity index (χ4v) is 1.80. The number of rotatable bonds is 7. The van der Waals surface area contributed by atoms with Crippen LogP contribution in [0.5, 0.6) is 0 Å². The number of thiophene rings is 1. The van der Waals surface area contributed by atoms with Crippen molar-refractivity contribution in [2.24, 2.45) is 0 Å². The third kappa shape index (κ3) is 4.37. The van der Waals surface area contributed by atoms with Crippen LogP contribution >= 0.6 is 11.3 Å². The van der Waals surface area contributed by atoms with E-state index in [1.54, 1.807) is 11.4 Å². The molecule has 0 spiro atoms. The fraction of sp³-hybridized carbons (Fsp3) is 0.556. The molecule has 15 heavy (non-hydrogen) atoms. The molecular weight excluding hydrogens is 216 g/mol. The zero-order valence-corrected chi connectivity index (χ0v) is 9.38. The summed E-state index contributed by atoms with van der Waals surface area (Å²) in [5.41, 5.74) is 0.947. The van der Waals surface area contributed by atoms with Crippen LogP contribution < -0.4 is 5.32 Å². The van der Waals surface area contributed by atoms with Crippen LogP contribution in [0.25, 0.3) is 0 Å². The van der Waals surface area contributed by atoms with E-state index in [1.165, 1.54) is 0 Å². The van der Waals surface area contributed by atoms with E-state index in [2.05, 4.69) is 5.32 Å². The second-order valence-corrected chi connectivity index (χ2v) is 3.81. The lowest BCUT2D eigenvalue weighted by atomic mass is 10.3. The number of ether oxygens (including phenoxy) is 1. The van der Waals surface area contributed by atoms with Gasteiger partial charge in [-0.2, -0.15) is 0 Å². The molecule has 1 rings (SSSR count). The molecule has 1 aromatic rings. The smallest absolute Gasteiger partial charge is 0.324 e. The summed E-state index contributed by atoms with van der Waals surface area (Å²) in [6, 6.07) is 1.60. The van der Waals surface area contributed by atoms with Gasteiger partial charge in [-0.1, -0.05) is 11.3 Å². The predicted molar refractivity (Wildman–Crippen MR) is 59.2 cm³/mol. The fourth-order valence-electron chi connectivity index (χ4n) is 1.07. The van der Waals surface area contributed by atoms with Gasteiger partial charge in [0.2, 0.25) is 0 Å². The molecule has 0 aliphatic rings. The quantitative estimate of drug-likeness (QED) is 0.440. The minimum absolute atomic E-state index is 0.191. The summed E-state index contributed by atoms with van der Waals surface area (Å²) in [6.45, 7) is 4.74. The van der Waals surface area contributed by atoms with E-state index in [-0.39, 0.29) is 9.92 Å². The van der Waals surface area contributed by atoms with Crippen LogP contribution in [0.4, 0.5) is 5.00 Å². The molecule has 1 heterocycles. The summed E-state index contributed by atoms with van der Waals surface area (Å²) in [5.74, 6) is 0. The van der Waals surface area contributed by atoms with Crippen LogP contribution in [-0.2, 0) is 11.3 Å². The maximum atomic E-state index is 10.4. The van der Waals surface area contributed by atoms with Crippen molar-refractivity contribution in [3.05, 3.63) is 27.1 Å². The number of nitrogens with zero attached hydrogens (tertiary/aromatic N) is 1. The average Bonchev–Trinajstić information content (AvgIpc) is 2.66. The van der Waals surface area contributed by atoms with E-state index in [0.29, 0.717) is 19.8 Å². The van der Waals surface area contributed by atoms with E-state index in [0.717, 1.165) is 23.4 Å². The summed E-state index contributed by atoms with van der Waals surface area (Å²) in [4.78, 5) is 10.0. The molecule has 0 aromatic carbocycles. The molecule has 0 bridgehead atoms. The molecule has 0 aliphatic heterocycles. The van der Waals surface area contributed by atoms with Crippen molar-refractivity contribution < 1.29 is 9.66 Å². The Morgan fingerprint density at radius 3 is 3.07 bits per heavy atom. The molecule has 5 nitrogen and oxygen atoms in total. The van der Waals surface area contributed by atoms with Crippen molar-refractivity contribution in [2.75, 3.05) is 19.8 Å². The molecule has 0 saturated carbocycles. The van der Waals surface area contributed by atoms with E-state index in [1.807, 2.05) is 6.92 Å². The second-order valence-electron chi connectivity index (χ2n) is 2.92. The topological polar surface area (TPSA) is 64.4 Å². The monoisotopic (exact) mass is 230 g/mol. The predicted octanol–water partition coefficient (Wildman–Crippen LogP) is 1.78. The second kappa shape index (κ2) is 6.49. The van der Waals surface area contributed by atoms with Crippen molar-refractivity contribution in [2.45, 2.75) is 13.5 Å². The van der Waals surface area contributed by atoms with Crippen LogP contribution in [0.15, 0.2) is 11.4 Å². The van der Waals surface area contributed by atoms with E-state index in [4.69, 9.17) is 4.74 Å². The summed E-state index contributed by atoms with van der Waals surface area (Å²) >= 11 is 1.16. The number of hydrogen-bond acceptors (Lipinski definition) is 5. The lowest BCUT2D eigenvalue weighted by Crippen LogP contribution is -2.18. The first-order valence-electron chi connectivity index (χ1n) is 4.74. The van der Waals surface area contributed by atoms with Gasteiger partial charge in [-0.05, 0) is 12.5 Å². The van der Waals surface area contributed by atoms with Crippen LogP contribution in [0.2, 0.25) is 0 Å². The molecule has 84 valence electrons. The van der Waals surface area contributed by atoms with E-state index in [9.17, 15) is 10.1 Å². The van der Waals surface area contributed by atoms with Crippen molar-refractivity contribution in [1.82, 2.24) is 5.32 Å². The largest absolute Gasteiger partial charge is 0.380 e. The molecule has 0 amide bonds. The van der Waals surface area contributed by atoms with Gasteiger partial charge in [0, 0.05) is 31.1 Å². The normalized spacial score (nSPS) is 10.5. The van der Waals surface area contributed by atoms with Crippen molar-refractivity contribution in [1.29, 1.82) is 0 Å². The maximum absolute atomic E-state index is 10.4. The van der Waals surface area contributed by atoms with Crippen molar-refractivity contribution in [3.8, 4) is 0 Å². The molecule has 6 heteroatoms. The number of nitrogens with one attached hydrogen (secondary N) is 1. The van der Waals surface area contributed by atoms with Gasteiger partial charge in [-0.25, -0.2) is 0 Å². The zero-order valence-electron chi connectivity index (χ0n) is 8.56. The number of nitro groups is 1. The summed E-state index contributed by atoms with van der Waals surface area (Å²) in [7, 11) is 0. The Morgan fingerprint density at radius 1 is 1.67 bits per heavy atom. The highest BCUT2D eigenvalue weighted by Crippen LogP contribution is 2.22. The van der Waals surface area contributed by atoms with Crippen LogP contribution in [0, 0.1) is 10.1 Å².